The Kier molecular flexibility index (Phi) is 5.53. The van der Waals surface area contributed by atoms with Gasteiger partial charge in [-0.1, -0.05) is 18.2 Å². The summed E-state index contributed by atoms with van der Waals surface area (Å²) in [7, 11) is 0. The summed E-state index contributed by atoms with van der Waals surface area (Å²) in [6, 6.07) is 17.9. The van der Waals surface area contributed by atoms with Crippen molar-refractivity contribution in [2.45, 2.75) is 20.3 Å². The molecule has 0 saturated carbocycles. The maximum absolute atomic E-state index is 13.4. The van der Waals surface area contributed by atoms with E-state index in [-0.39, 0.29) is 11.8 Å². The number of aryl methyl sites for hydroxylation is 2. The molecule has 6 heteroatoms. The second-order valence-electron chi connectivity index (χ2n) is 8.54. The van der Waals surface area contributed by atoms with Crippen LogP contribution in [-0.4, -0.2) is 46.9 Å². The number of benzene rings is 2. The molecule has 32 heavy (non-hydrogen) atoms. The Labute approximate surface area is 187 Å². The van der Waals surface area contributed by atoms with Gasteiger partial charge in [-0.3, -0.25) is 4.79 Å². The number of fused-ring (bicyclic) bond motifs is 1. The zero-order valence-electron chi connectivity index (χ0n) is 18.5. The lowest BCUT2D eigenvalue weighted by atomic mass is 9.97. The van der Waals surface area contributed by atoms with Crippen LogP contribution >= 0.6 is 0 Å². The van der Waals surface area contributed by atoms with Gasteiger partial charge in [0.05, 0.1) is 30.9 Å². The first-order valence-electron chi connectivity index (χ1n) is 11.0. The van der Waals surface area contributed by atoms with Gasteiger partial charge in [0.25, 0.3) is 5.91 Å². The Bertz CT molecular complexity index is 1260. The molecule has 1 amide bonds. The van der Waals surface area contributed by atoms with E-state index in [1.54, 1.807) is 6.26 Å². The van der Waals surface area contributed by atoms with E-state index >= 15 is 0 Å². The fraction of sp³-hybridized carbons (Fsp3) is 0.308. The van der Waals surface area contributed by atoms with E-state index in [1.807, 2.05) is 72.0 Å². The van der Waals surface area contributed by atoms with Crippen molar-refractivity contribution in [3.05, 3.63) is 83.4 Å². The molecule has 5 rings (SSSR count). The number of carbonyl (C=O) groups excluding carboxylic acids is 1. The molecule has 3 heterocycles. The van der Waals surface area contributed by atoms with E-state index in [2.05, 4.69) is 11.2 Å². The lowest BCUT2D eigenvalue weighted by Crippen LogP contribution is -2.36. The summed E-state index contributed by atoms with van der Waals surface area (Å²) in [6.45, 7) is 6.44. The first kappa shape index (κ1) is 20.5. The fourth-order valence-electron chi connectivity index (χ4n) is 4.58. The molecular weight excluding hydrogens is 402 g/mol. The van der Waals surface area contributed by atoms with Gasteiger partial charge in [0.2, 0.25) is 0 Å². The topological polar surface area (TPSA) is 60.5 Å². The number of nitrogens with zero attached hydrogens (tertiary/aromatic N) is 3. The number of aromatic nitrogens is 2. The van der Waals surface area contributed by atoms with Crippen LogP contribution in [0.3, 0.4) is 0 Å². The molecule has 0 aliphatic carbocycles. The predicted octanol–water partition coefficient (Wildman–Crippen LogP) is 4.57. The van der Waals surface area contributed by atoms with Crippen LogP contribution in [0.5, 0.6) is 0 Å². The zero-order chi connectivity index (χ0) is 22.1. The Hall–Kier alpha value is -3.38. The maximum atomic E-state index is 13.4. The monoisotopic (exact) mass is 429 g/mol. The Morgan fingerprint density at radius 2 is 2.00 bits per heavy atom. The summed E-state index contributed by atoms with van der Waals surface area (Å²) in [6.07, 6.45) is 2.57. The number of amides is 1. The number of ether oxygens (including phenoxy) is 1. The van der Waals surface area contributed by atoms with Crippen LogP contribution in [0, 0.1) is 19.8 Å². The van der Waals surface area contributed by atoms with E-state index < -0.39 is 0 Å². The fourth-order valence-corrected chi connectivity index (χ4v) is 4.58. The standard InChI is InChI=1S/C26H27N3O3/c1-18-13-19(2)29(27-18)23-7-3-6-22(15-23)26(30)28-10-12-31-17-20(16-28)14-21-5-4-8-25-24(21)9-11-32-25/h3-9,11,13,15,20H,10,12,14,16-17H2,1-2H3/t20-/m1/s1. The van der Waals surface area contributed by atoms with E-state index in [9.17, 15) is 4.79 Å². The molecule has 164 valence electrons. The van der Waals surface area contributed by atoms with Crippen molar-refractivity contribution in [1.29, 1.82) is 0 Å². The summed E-state index contributed by atoms with van der Waals surface area (Å²) in [5.74, 6) is 0.256. The van der Waals surface area contributed by atoms with Crippen LogP contribution in [0.4, 0.5) is 0 Å². The molecule has 0 N–H and O–H groups in total. The minimum atomic E-state index is 0.0328. The highest BCUT2D eigenvalue weighted by atomic mass is 16.5. The van der Waals surface area contributed by atoms with Gasteiger partial charge in [0.15, 0.2) is 0 Å². The molecule has 1 fully saturated rings. The van der Waals surface area contributed by atoms with Gasteiger partial charge in [-0.2, -0.15) is 5.10 Å². The maximum Gasteiger partial charge on any atom is 0.254 e. The Morgan fingerprint density at radius 3 is 2.84 bits per heavy atom. The third-order valence-corrected chi connectivity index (χ3v) is 6.07. The van der Waals surface area contributed by atoms with Gasteiger partial charge >= 0.3 is 0 Å². The molecule has 6 nitrogen and oxygen atoms in total. The predicted molar refractivity (Wildman–Crippen MR) is 123 cm³/mol. The van der Waals surface area contributed by atoms with Gasteiger partial charge < -0.3 is 14.1 Å². The first-order chi connectivity index (χ1) is 15.6. The molecule has 1 saturated heterocycles. The second-order valence-corrected chi connectivity index (χ2v) is 8.54. The highest BCUT2D eigenvalue weighted by Crippen LogP contribution is 2.24. The summed E-state index contributed by atoms with van der Waals surface area (Å²) in [5.41, 5.74) is 5.70. The zero-order valence-corrected chi connectivity index (χ0v) is 18.5. The smallest absolute Gasteiger partial charge is 0.254 e. The Balaban J connectivity index is 1.36. The van der Waals surface area contributed by atoms with Crippen molar-refractivity contribution in [3.8, 4) is 5.69 Å². The van der Waals surface area contributed by atoms with Crippen LogP contribution < -0.4 is 0 Å². The third kappa shape index (κ3) is 4.06. The van der Waals surface area contributed by atoms with Crippen molar-refractivity contribution in [2.24, 2.45) is 5.92 Å². The molecule has 2 aromatic heterocycles. The number of rotatable bonds is 4. The van der Waals surface area contributed by atoms with E-state index in [0.717, 1.165) is 34.5 Å². The number of carbonyl (C=O) groups is 1. The van der Waals surface area contributed by atoms with Crippen molar-refractivity contribution < 1.29 is 13.9 Å². The molecular formula is C26H27N3O3. The SMILES string of the molecule is Cc1cc(C)n(-c2cccc(C(=O)N3CCOC[C@H](Cc4cccc5occc45)C3)c2)n1. The second kappa shape index (κ2) is 8.63. The minimum Gasteiger partial charge on any atom is -0.464 e. The van der Waals surface area contributed by atoms with Gasteiger partial charge in [-0.05, 0) is 62.2 Å². The van der Waals surface area contributed by atoms with Crippen LogP contribution in [0.2, 0.25) is 0 Å². The molecule has 0 spiro atoms. The average Bonchev–Trinajstić information content (AvgIpc) is 3.34. The first-order valence-corrected chi connectivity index (χ1v) is 11.0. The lowest BCUT2D eigenvalue weighted by molar-refractivity contribution is 0.0737. The normalized spacial score (nSPS) is 16.9. The number of hydrogen-bond donors (Lipinski definition) is 0. The van der Waals surface area contributed by atoms with Gasteiger partial charge in [0, 0.05) is 35.7 Å². The van der Waals surface area contributed by atoms with Crippen molar-refractivity contribution >= 4 is 16.9 Å². The van der Waals surface area contributed by atoms with Gasteiger partial charge in [0.1, 0.15) is 5.58 Å². The van der Waals surface area contributed by atoms with Gasteiger partial charge in [-0.25, -0.2) is 4.68 Å². The van der Waals surface area contributed by atoms with Crippen molar-refractivity contribution in [2.75, 3.05) is 26.3 Å². The van der Waals surface area contributed by atoms with Crippen LogP contribution in [0.25, 0.3) is 16.7 Å². The molecule has 1 aliphatic heterocycles. The molecule has 0 radical (unpaired) electrons. The van der Waals surface area contributed by atoms with Gasteiger partial charge in [-0.15, -0.1) is 0 Å². The highest BCUT2D eigenvalue weighted by molar-refractivity contribution is 5.94. The average molecular weight is 430 g/mol. The van der Waals surface area contributed by atoms with E-state index in [0.29, 0.717) is 31.9 Å². The van der Waals surface area contributed by atoms with Crippen molar-refractivity contribution in [1.82, 2.24) is 14.7 Å². The Morgan fingerprint density at radius 1 is 1.12 bits per heavy atom. The molecule has 0 unspecified atom stereocenters. The van der Waals surface area contributed by atoms with E-state index in [1.165, 1.54) is 5.56 Å². The molecule has 2 aromatic carbocycles. The lowest BCUT2D eigenvalue weighted by Gasteiger charge is -2.24. The number of hydrogen-bond acceptors (Lipinski definition) is 4. The van der Waals surface area contributed by atoms with Crippen LogP contribution in [0.15, 0.2) is 65.3 Å². The quantitative estimate of drug-likeness (QED) is 0.477. The largest absolute Gasteiger partial charge is 0.464 e. The number of furan rings is 1. The van der Waals surface area contributed by atoms with E-state index in [4.69, 9.17) is 9.15 Å². The molecule has 0 bridgehead atoms. The summed E-state index contributed by atoms with van der Waals surface area (Å²) in [5, 5.41) is 5.68. The van der Waals surface area contributed by atoms with Crippen LogP contribution in [-0.2, 0) is 11.2 Å². The summed E-state index contributed by atoms with van der Waals surface area (Å²) < 4.78 is 13.3. The highest BCUT2D eigenvalue weighted by Gasteiger charge is 2.24. The molecule has 1 aliphatic rings. The van der Waals surface area contributed by atoms with Crippen molar-refractivity contribution in [3.63, 3.8) is 0 Å². The third-order valence-electron chi connectivity index (χ3n) is 6.07. The minimum absolute atomic E-state index is 0.0328. The molecule has 1 atom stereocenters. The summed E-state index contributed by atoms with van der Waals surface area (Å²) in [4.78, 5) is 15.3. The van der Waals surface area contributed by atoms with Crippen LogP contribution in [0.1, 0.15) is 27.3 Å². The molecule has 4 aromatic rings. The summed E-state index contributed by atoms with van der Waals surface area (Å²) >= 11 is 0.